The second-order valence-electron chi connectivity index (χ2n) is 4.86. The van der Waals surface area contributed by atoms with Crippen LogP contribution < -0.4 is 0 Å². The summed E-state index contributed by atoms with van der Waals surface area (Å²) in [5.74, 6) is 0.181. The second-order valence-corrected chi connectivity index (χ2v) is 5.71. The molecular weight excluding hydrogens is 354 g/mol. The van der Waals surface area contributed by atoms with Gasteiger partial charge in [-0.15, -0.1) is 0 Å². The topological polar surface area (TPSA) is 47.3 Å². The van der Waals surface area contributed by atoms with Gasteiger partial charge in [-0.25, -0.2) is 9.50 Å². The molecule has 0 unspecified atom stereocenters. The van der Waals surface area contributed by atoms with E-state index in [0.717, 1.165) is 33.2 Å². The summed E-state index contributed by atoms with van der Waals surface area (Å²) >= 11 is 3.51. The lowest BCUT2D eigenvalue weighted by Gasteiger charge is -2.06. The minimum atomic E-state index is 0.181. The van der Waals surface area contributed by atoms with Crippen LogP contribution in [0.25, 0.3) is 16.8 Å². The lowest BCUT2D eigenvalue weighted by atomic mass is 10.0. The van der Waals surface area contributed by atoms with Crippen LogP contribution in [0.5, 0.6) is 0 Å². The van der Waals surface area contributed by atoms with Crippen molar-refractivity contribution in [3.05, 3.63) is 52.9 Å². The Morgan fingerprint density at radius 2 is 2.00 bits per heavy atom. The molecule has 120 valence electrons. The highest BCUT2D eigenvalue weighted by atomic mass is 79.9. The number of hydrogen-bond acceptors (Lipinski definition) is 3. The Balaban J connectivity index is 0.000000924. The molecule has 0 N–H and O–H groups in total. The molecule has 1 aromatic carbocycles. The monoisotopic (exact) mass is 373 g/mol. The fourth-order valence-electron chi connectivity index (χ4n) is 2.29. The summed E-state index contributed by atoms with van der Waals surface area (Å²) in [5.41, 5.74) is 3.52. The van der Waals surface area contributed by atoms with Crippen LogP contribution in [0.1, 0.15) is 44.0 Å². The van der Waals surface area contributed by atoms with Crippen LogP contribution in [0.15, 0.2) is 47.3 Å². The zero-order chi connectivity index (χ0) is 16.8. The van der Waals surface area contributed by atoms with Crippen molar-refractivity contribution in [2.75, 3.05) is 0 Å². The van der Waals surface area contributed by atoms with Crippen LogP contribution in [0, 0.1) is 0 Å². The number of Topliss-reactive ketones (excluding diaryl/α,β-unsaturated/α-hetero) is 1. The number of aromatic nitrogens is 3. The molecule has 5 heteroatoms. The molecule has 0 aliphatic carbocycles. The highest BCUT2D eigenvalue weighted by Crippen LogP contribution is 2.26. The maximum absolute atomic E-state index is 12.0. The van der Waals surface area contributed by atoms with Crippen molar-refractivity contribution in [3.63, 3.8) is 0 Å². The molecule has 3 aromatic rings. The average Bonchev–Trinajstić information content (AvgIpc) is 3.06. The quantitative estimate of drug-likeness (QED) is 0.592. The molecule has 2 heterocycles. The summed E-state index contributed by atoms with van der Waals surface area (Å²) in [4.78, 5) is 16.2. The molecule has 23 heavy (non-hydrogen) atoms. The summed E-state index contributed by atoms with van der Waals surface area (Å²) in [5, 5.41) is 4.16. The van der Waals surface area contributed by atoms with Gasteiger partial charge in [0.15, 0.2) is 11.4 Å². The smallest absolute Gasteiger partial charge is 0.169 e. The minimum absolute atomic E-state index is 0.181. The van der Waals surface area contributed by atoms with Gasteiger partial charge in [0, 0.05) is 23.7 Å². The number of benzene rings is 1. The second kappa shape index (κ2) is 8.02. The molecule has 0 amide bonds. The number of rotatable bonds is 4. The van der Waals surface area contributed by atoms with Crippen LogP contribution in [0.3, 0.4) is 0 Å². The number of fused-ring (bicyclic) bond motifs is 1. The van der Waals surface area contributed by atoms with E-state index in [4.69, 9.17) is 0 Å². The fourth-order valence-corrected chi connectivity index (χ4v) is 2.82. The first-order chi connectivity index (χ1) is 11.2. The molecular formula is C18H20BrN3O. The molecule has 0 saturated carbocycles. The average molecular weight is 374 g/mol. The number of hydrogen-bond donors (Lipinski definition) is 0. The number of halogens is 1. The Labute approximate surface area is 144 Å². The van der Waals surface area contributed by atoms with Crippen LogP contribution >= 0.6 is 15.9 Å². The number of ketones is 1. The van der Waals surface area contributed by atoms with Gasteiger partial charge in [-0.3, -0.25) is 4.79 Å². The van der Waals surface area contributed by atoms with Gasteiger partial charge in [-0.2, -0.15) is 5.10 Å². The summed E-state index contributed by atoms with van der Waals surface area (Å²) in [6.45, 7) is 6.01. The van der Waals surface area contributed by atoms with Crippen LogP contribution in [-0.2, 0) is 0 Å². The van der Waals surface area contributed by atoms with Crippen molar-refractivity contribution in [1.82, 2.24) is 14.6 Å². The predicted molar refractivity (Wildman–Crippen MR) is 96.7 cm³/mol. The fraction of sp³-hybridized carbons (Fsp3) is 0.278. The third-order valence-corrected chi connectivity index (χ3v) is 3.91. The van der Waals surface area contributed by atoms with Gasteiger partial charge in [-0.1, -0.05) is 39.0 Å². The van der Waals surface area contributed by atoms with Crippen LogP contribution in [0.2, 0.25) is 0 Å². The SMILES string of the molecule is CC.CCCC(=O)c1cccc(-c2cc(Br)c3ncnn3c2)c1. The van der Waals surface area contributed by atoms with Gasteiger partial charge >= 0.3 is 0 Å². The Bertz CT molecular complexity index is 811. The van der Waals surface area contributed by atoms with Crippen molar-refractivity contribution in [2.45, 2.75) is 33.6 Å². The zero-order valence-electron chi connectivity index (χ0n) is 13.6. The predicted octanol–water partition coefficient (Wildman–Crippen LogP) is 5.17. The summed E-state index contributed by atoms with van der Waals surface area (Å²) < 4.78 is 2.60. The van der Waals surface area contributed by atoms with Gasteiger partial charge in [0.2, 0.25) is 0 Å². The van der Waals surface area contributed by atoms with Crippen molar-refractivity contribution >= 4 is 27.4 Å². The van der Waals surface area contributed by atoms with Crippen LogP contribution in [-0.4, -0.2) is 20.4 Å². The standard InChI is InChI=1S/C16H14BrN3O.C2H6/c1-2-4-15(21)12-6-3-5-11(7-12)13-8-14(17)16-18-10-19-20(16)9-13;1-2/h3,5-10H,2,4H2,1H3;1-2H3. The van der Waals surface area contributed by atoms with Gasteiger partial charge in [0.05, 0.1) is 4.47 Å². The Morgan fingerprint density at radius 1 is 1.22 bits per heavy atom. The van der Waals surface area contributed by atoms with E-state index < -0.39 is 0 Å². The van der Waals surface area contributed by atoms with Crippen molar-refractivity contribution in [2.24, 2.45) is 0 Å². The first-order valence-electron chi connectivity index (χ1n) is 7.81. The Hall–Kier alpha value is -2.01. The minimum Gasteiger partial charge on any atom is -0.294 e. The largest absolute Gasteiger partial charge is 0.294 e. The molecule has 0 saturated heterocycles. The van der Waals surface area contributed by atoms with E-state index in [1.165, 1.54) is 6.33 Å². The highest BCUT2D eigenvalue weighted by molar-refractivity contribution is 9.10. The number of carbonyl (C=O) groups is 1. The molecule has 0 atom stereocenters. The maximum Gasteiger partial charge on any atom is 0.169 e. The first-order valence-corrected chi connectivity index (χ1v) is 8.61. The van der Waals surface area contributed by atoms with E-state index in [2.05, 4.69) is 26.0 Å². The van der Waals surface area contributed by atoms with Gasteiger partial charge in [-0.05, 0) is 40.0 Å². The van der Waals surface area contributed by atoms with E-state index in [-0.39, 0.29) is 5.78 Å². The molecule has 0 aliphatic heterocycles. The number of pyridine rings is 1. The van der Waals surface area contributed by atoms with Crippen LogP contribution in [0.4, 0.5) is 0 Å². The molecule has 0 spiro atoms. The number of carbonyl (C=O) groups excluding carboxylic acids is 1. The Morgan fingerprint density at radius 3 is 2.74 bits per heavy atom. The molecule has 0 aliphatic rings. The van der Waals surface area contributed by atoms with E-state index in [9.17, 15) is 4.79 Å². The summed E-state index contributed by atoms with van der Waals surface area (Å²) in [6.07, 6.45) is 4.87. The Kier molecular flexibility index (Phi) is 6.04. The third kappa shape index (κ3) is 3.85. The zero-order valence-corrected chi connectivity index (χ0v) is 15.2. The first kappa shape index (κ1) is 17.3. The van der Waals surface area contributed by atoms with Gasteiger partial charge in [0.25, 0.3) is 0 Å². The van der Waals surface area contributed by atoms with Crippen molar-refractivity contribution < 1.29 is 4.79 Å². The molecule has 4 nitrogen and oxygen atoms in total. The summed E-state index contributed by atoms with van der Waals surface area (Å²) in [6, 6.07) is 9.70. The van der Waals surface area contributed by atoms with E-state index in [0.29, 0.717) is 6.42 Å². The molecule has 0 bridgehead atoms. The van der Waals surface area contributed by atoms with Gasteiger partial charge < -0.3 is 0 Å². The molecule has 0 radical (unpaired) electrons. The van der Waals surface area contributed by atoms with E-state index >= 15 is 0 Å². The highest BCUT2D eigenvalue weighted by Gasteiger charge is 2.09. The van der Waals surface area contributed by atoms with Gasteiger partial charge in [0.1, 0.15) is 6.33 Å². The lowest BCUT2D eigenvalue weighted by molar-refractivity contribution is 0.0982. The molecule has 0 fully saturated rings. The third-order valence-electron chi connectivity index (χ3n) is 3.33. The van der Waals surface area contributed by atoms with Crippen molar-refractivity contribution in [1.29, 1.82) is 0 Å². The maximum atomic E-state index is 12.0. The summed E-state index contributed by atoms with van der Waals surface area (Å²) in [7, 11) is 0. The normalized spacial score (nSPS) is 10.3. The van der Waals surface area contributed by atoms with E-state index in [1.54, 1.807) is 4.52 Å². The molecule has 3 rings (SSSR count). The van der Waals surface area contributed by atoms with Crippen molar-refractivity contribution in [3.8, 4) is 11.1 Å². The van der Waals surface area contributed by atoms with E-state index in [1.807, 2.05) is 57.3 Å². The number of nitrogens with zero attached hydrogens (tertiary/aromatic N) is 3. The molecule has 2 aromatic heterocycles. The lowest BCUT2D eigenvalue weighted by Crippen LogP contribution is -1.98.